The smallest absolute Gasteiger partial charge is 0.463 e. The van der Waals surface area contributed by atoms with Gasteiger partial charge in [-0.3, -0.25) is 32.5 Å². The number of phosphoric acid groups is 2. The Balaban J connectivity index is 4.38. The third-order valence-corrected chi connectivity index (χ3v) is 20.7. The molecule has 0 amide bonds. The van der Waals surface area contributed by atoms with E-state index in [0.717, 1.165) is 154 Å². The number of ether oxygens (including phenoxy) is 3. The van der Waals surface area contributed by atoms with E-state index in [9.17, 15) is 43.5 Å². The highest BCUT2D eigenvalue weighted by molar-refractivity contribution is 7.47. The van der Waals surface area contributed by atoms with E-state index in [2.05, 4.69) is 154 Å². The van der Waals surface area contributed by atoms with Gasteiger partial charge in [0.1, 0.15) is 25.4 Å². The summed E-state index contributed by atoms with van der Waals surface area (Å²) in [6.45, 7) is 2.50. The molecule has 0 aromatic rings. The van der Waals surface area contributed by atoms with Crippen molar-refractivity contribution >= 4 is 33.6 Å². The number of esters is 3. The molecular weight excluding hydrogens is 1430 g/mol. The summed E-state index contributed by atoms with van der Waals surface area (Å²) in [7, 11) is -9.80. The van der Waals surface area contributed by atoms with Crippen LogP contribution in [0, 0.1) is 0 Å². The molecule has 0 aliphatic heterocycles. The molecule has 0 spiro atoms. The summed E-state index contributed by atoms with van der Waals surface area (Å²) >= 11 is 0. The van der Waals surface area contributed by atoms with Gasteiger partial charge in [-0.15, -0.1) is 0 Å². The van der Waals surface area contributed by atoms with Crippen LogP contribution in [0.25, 0.3) is 0 Å². The fourth-order valence-corrected chi connectivity index (χ4v) is 13.7. The topological polar surface area (TPSA) is 231 Å². The maximum absolute atomic E-state index is 13.0. The molecule has 0 saturated heterocycles. The second kappa shape index (κ2) is 85.1. The second-order valence-electron chi connectivity index (χ2n) is 29.7. The lowest BCUT2D eigenvalue weighted by Gasteiger charge is -2.21. The van der Waals surface area contributed by atoms with Crippen LogP contribution in [0.4, 0.5) is 0 Å². The van der Waals surface area contributed by atoms with Crippen LogP contribution in [0.5, 0.6) is 0 Å². The Bertz CT molecular complexity index is 2550. The van der Waals surface area contributed by atoms with E-state index in [1.807, 2.05) is 0 Å². The van der Waals surface area contributed by atoms with Crippen molar-refractivity contribution in [2.45, 2.75) is 399 Å². The van der Waals surface area contributed by atoms with Crippen molar-refractivity contribution in [2.24, 2.45) is 0 Å². The van der Waals surface area contributed by atoms with Crippen LogP contribution in [0.3, 0.4) is 0 Å². The first-order chi connectivity index (χ1) is 54.2. The zero-order chi connectivity index (χ0) is 80.8. The van der Waals surface area contributed by atoms with Gasteiger partial charge in [-0.25, -0.2) is 9.13 Å². The maximum Gasteiger partial charge on any atom is 0.472 e. The first kappa shape index (κ1) is 107. The van der Waals surface area contributed by atoms with Gasteiger partial charge in [0.05, 0.1) is 26.4 Å². The van der Waals surface area contributed by atoms with Gasteiger partial charge in [0.15, 0.2) is 6.10 Å². The van der Waals surface area contributed by atoms with Crippen molar-refractivity contribution in [3.63, 3.8) is 0 Å². The Morgan fingerprint density at radius 1 is 0.261 bits per heavy atom. The highest BCUT2D eigenvalue weighted by atomic mass is 31.2. The Kier molecular flexibility index (Phi) is 81.8. The van der Waals surface area contributed by atoms with Crippen LogP contribution in [-0.2, 0) is 55.8 Å². The first-order valence-corrected chi connectivity index (χ1v) is 47.5. The second-order valence-corrected chi connectivity index (χ2v) is 32.6. The van der Waals surface area contributed by atoms with E-state index < -0.39 is 91.5 Å². The summed E-state index contributed by atoms with van der Waals surface area (Å²) in [5, 5.41) is 20.7. The van der Waals surface area contributed by atoms with Crippen LogP contribution in [0.2, 0.25) is 0 Å². The fraction of sp³-hybridized carbons (Fsp3) is 0.731. The Morgan fingerprint density at radius 2 is 0.495 bits per heavy atom. The van der Waals surface area contributed by atoms with E-state index in [1.54, 1.807) is 0 Å². The molecule has 0 aliphatic rings. The summed E-state index contributed by atoms with van der Waals surface area (Å²) in [4.78, 5) is 58.8. The summed E-state index contributed by atoms with van der Waals surface area (Å²) < 4.78 is 61.3. The van der Waals surface area contributed by atoms with Gasteiger partial charge in [-0.2, -0.15) is 0 Å². The molecule has 0 aromatic heterocycles. The van der Waals surface area contributed by atoms with E-state index >= 15 is 0 Å². The standard InChI is InChI=1S/C93H162O16P2/c1-4-7-10-13-16-19-22-25-27-29-31-33-35-37-39-40-41-42-43-44-45-46-48-50-51-53-55-57-59-62-64-67-70-73-76-79-91(96)103-82-88(94)83-105-110(99,100)106-84-89(95)85-107-111(101,102)108-87-90(109-93(98)81-78-75-72-69-66-61-24-21-18-15-12-9-6-3)86-104-92(97)80-77-74-71-68-65-63-60-58-56-54-52-49-47-38-36-34-32-30-28-26-23-20-17-14-11-8-5-2/h7,10,12,15-17,19-21,24-28,31-34,37-39,47,88-90,94-95H,4-6,8-9,11,13-14,18,22-23,29-30,35-36,40-46,48-87H2,1-3H3,(H,99,100)(H,101,102)/b10-7-,15-12-,19-16-,20-17-,24-21-,27-25-,28-26-,33-31-,34-32-,39-37-,47-38-. The van der Waals surface area contributed by atoms with Gasteiger partial charge in [0.25, 0.3) is 0 Å². The summed E-state index contributed by atoms with van der Waals surface area (Å²) in [5.74, 6) is -1.58. The molecule has 0 aliphatic carbocycles. The number of allylic oxidation sites excluding steroid dienone is 22. The van der Waals surface area contributed by atoms with E-state index in [0.29, 0.717) is 19.3 Å². The molecule has 5 atom stereocenters. The largest absolute Gasteiger partial charge is 0.472 e. The number of rotatable bonds is 84. The zero-order valence-electron chi connectivity index (χ0n) is 70.4. The quantitative estimate of drug-likeness (QED) is 0.0146. The van der Waals surface area contributed by atoms with Gasteiger partial charge in [-0.1, -0.05) is 360 Å². The van der Waals surface area contributed by atoms with Crippen molar-refractivity contribution in [1.29, 1.82) is 0 Å². The molecule has 111 heavy (non-hydrogen) atoms. The van der Waals surface area contributed by atoms with E-state index in [-0.39, 0.29) is 19.3 Å². The van der Waals surface area contributed by atoms with Crippen LogP contribution >= 0.6 is 15.6 Å². The van der Waals surface area contributed by atoms with Crippen LogP contribution in [0.15, 0.2) is 134 Å². The van der Waals surface area contributed by atoms with E-state index in [4.69, 9.17) is 32.3 Å². The normalized spacial score (nSPS) is 14.5. The molecule has 640 valence electrons. The third-order valence-electron chi connectivity index (χ3n) is 18.8. The molecule has 18 heteroatoms. The van der Waals surface area contributed by atoms with Gasteiger partial charge in [0, 0.05) is 19.3 Å². The Labute approximate surface area is 677 Å². The molecular formula is C93H162O16P2. The minimum atomic E-state index is -4.94. The first-order valence-electron chi connectivity index (χ1n) is 44.5. The van der Waals surface area contributed by atoms with Crippen molar-refractivity contribution < 1.29 is 75.8 Å². The summed E-state index contributed by atoms with van der Waals surface area (Å²) in [6.07, 6.45) is 105. The summed E-state index contributed by atoms with van der Waals surface area (Å²) in [5.41, 5.74) is 0. The highest BCUT2D eigenvalue weighted by Gasteiger charge is 2.29. The molecule has 0 saturated carbocycles. The third kappa shape index (κ3) is 86.4. The number of aliphatic hydroxyl groups is 2. The number of unbranched alkanes of at least 4 members (excludes halogenated alkanes) is 39. The lowest BCUT2D eigenvalue weighted by Crippen LogP contribution is -2.30. The Hall–Kier alpha value is -4.31. The minimum absolute atomic E-state index is 0.0869. The molecule has 5 unspecified atom stereocenters. The lowest BCUT2D eigenvalue weighted by atomic mass is 10.0. The monoisotopic (exact) mass is 1600 g/mol. The number of hydrogen-bond acceptors (Lipinski definition) is 14. The number of aliphatic hydroxyl groups excluding tert-OH is 2. The zero-order valence-corrected chi connectivity index (χ0v) is 72.1. The number of carbonyl (C=O) groups is 3. The van der Waals surface area contributed by atoms with Crippen molar-refractivity contribution in [1.82, 2.24) is 0 Å². The number of phosphoric ester groups is 2. The van der Waals surface area contributed by atoms with Crippen LogP contribution < -0.4 is 0 Å². The molecule has 16 nitrogen and oxygen atoms in total. The lowest BCUT2D eigenvalue weighted by molar-refractivity contribution is -0.161. The molecule has 0 rings (SSSR count). The van der Waals surface area contributed by atoms with Gasteiger partial charge < -0.3 is 34.2 Å². The molecule has 0 heterocycles. The molecule has 0 fully saturated rings. The molecule has 0 bridgehead atoms. The van der Waals surface area contributed by atoms with Gasteiger partial charge >= 0.3 is 33.6 Å². The van der Waals surface area contributed by atoms with E-state index in [1.165, 1.54) is 167 Å². The average molecular weight is 1600 g/mol. The van der Waals surface area contributed by atoms with Crippen LogP contribution in [-0.4, -0.2) is 95.9 Å². The SMILES string of the molecule is CC/C=C\C/C=C\C/C=C\C/C=C\C/C=C\CCCCCCCCCCCCCCCCCCCCCC(=O)OCC(O)COP(=O)(O)OCC(O)COP(=O)(O)OCC(COC(=O)CCCCCCCCCCCCC/C=C\C/C=C\C/C=C\C/C=C\CCCCC)OC(=O)CCCCCCC/C=C\C/C=C\CCC. The summed E-state index contributed by atoms with van der Waals surface area (Å²) in [6, 6.07) is 0. The van der Waals surface area contributed by atoms with Crippen molar-refractivity contribution in [3.8, 4) is 0 Å². The maximum atomic E-state index is 13.0. The molecule has 0 radical (unpaired) electrons. The predicted molar refractivity (Wildman–Crippen MR) is 463 cm³/mol. The van der Waals surface area contributed by atoms with Gasteiger partial charge in [0.2, 0.25) is 0 Å². The molecule has 4 N–H and O–H groups in total. The predicted octanol–water partition coefficient (Wildman–Crippen LogP) is 27.0. The fourth-order valence-electron chi connectivity index (χ4n) is 12.1. The van der Waals surface area contributed by atoms with Gasteiger partial charge in [-0.05, 0) is 135 Å². The number of hydrogen-bond donors (Lipinski definition) is 4. The Morgan fingerprint density at radius 3 is 0.793 bits per heavy atom. The van der Waals surface area contributed by atoms with Crippen molar-refractivity contribution in [2.75, 3.05) is 39.6 Å². The van der Waals surface area contributed by atoms with Crippen molar-refractivity contribution in [3.05, 3.63) is 134 Å². The minimum Gasteiger partial charge on any atom is -0.463 e. The highest BCUT2D eigenvalue weighted by Crippen LogP contribution is 2.45. The van der Waals surface area contributed by atoms with Crippen LogP contribution in [0.1, 0.15) is 380 Å². The number of carbonyl (C=O) groups excluding carboxylic acids is 3. The average Bonchev–Trinajstić information content (AvgIpc) is 0.903. The molecule has 0 aromatic carbocycles.